The molecule has 0 radical (unpaired) electrons. The van der Waals surface area contributed by atoms with Crippen LogP contribution in [-0.4, -0.2) is 30.4 Å². The lowest BCUT2D eigenvalue weighted by molar-refractivity contribution is -0.176. The highest BCUT2D eigenvalue weighted by Gasteiger charge is 2.42. The Hall–Kier alpha value is -3.28. The summed E-state index contributed by atoms with van der Waals surface area (Å²) in [6.45, 7) is 5.09. The Bertz CT molecular complexity index is 1380. The van der Waals surface area contributed by atoms with Crippen molar-refractivity contribution in [2.75, 3.05) is 14.2 Å². The number of hydrogen-bond donors (Lipinski definition) is 0. The number of aryl methyl sites for hydroxylation is 1. The number of nitrogens with zero attached hydrogens (tertiary/aromatic N) is 1. The smallest absolute Gasteiger partial charge is 0.260 e. The number of ketones is 2. The fourth-order valence-corrected chi connectivity index (χ4v) is 5.27. The third-order valence-corrected chi connectivity index (χ3v) is 7.30. The molecule has 0 bridgehead atoms. The summed E-state index contributed by atoms with van der Waals surface area (Å²) in [6.07, 6.45) is 6.16. The molecule has 4 rings (SSSR count). The minimum atomic E-state index is -1.58. The molecule has 0 fully saturated rings. The summed E-state index contributed by atoms with van der Waals surface area (Å²) in [5.74, 6) is -1.67. The van der Waals surface area contributed by atoms with Crippen LogP contribution in [0.2, 0.25) is 0 Å². The maximum Gasteiger partial charge on any atom is 0.260 e. The van der Waals surface area contributed by atoms with Gasteiger partial charge >= 0.3 is 0 Å². The van der Waals surface area contributed by atoms with Crippen molar-refractivity contribution < 1.29 is 19.1 Å². The monoisotopic (exact) mass is 499 g/mol. The number of carbonyl (C=O) groups is 2. The van der Waals surface area contributed by atoms with Crippen LogP contribution in [0.3, 0.4) is 0 Å². The first kappa shape index (κ1) is 26.8. The number of aromatic nitrogens is 1. The van der Waals surface area contributed by atoms with E-state index >= 15 is 0 Å². The molecule has 0 amide bonds. The van der Waals surface area contributed by atoms with E-state index in [1.165, 1.54) is 33.5 Å². The minimum Gasteiger partial charge on any atom is -0.343 e. The predicted molar refractivity (Wildman–Crippen MR) is 149 cm³/mol. The highest BCUT2D eigenvalue weighted by molar-refractivity contribution is 6.12. The predicted octanol–water partition coefficient (Wildman–Crippen LogP) is 7.69. The van der Waals surface area contributed by atoms with Gasteiger partial charge in [-0.2, -0.15) is 0 Å². The normalized spacial score (nSPS) is 11.9. The van der Waals surface area contributed by atoms with Crippen LogP contribution in [0.15, 0.2) is 66.7 Å². The number of unbranched alkanes of at least 4 members (excludes halogenated alkanes) is 4. The standard InChI is InChI=1S/C32H37NO4/c1-5-7-8-9-13-16-30(34)24-17-19-28-26(21-24)27-22-25(18-20-29(27)33(28)6-2)32(36-3,37-4)31(35)23-14-11-10-12-15-23/h10-12,14-15,17-22H,5-9,13,16H2,1-4H3. The van der Waals surface area contributed by atoms with E-state index in [4.69, 9.17) is 9.47 Å². The quantitative estimate of drug-likeness (QED) is 0.107. The first-order valence-electron chi connectivity index (χ1n) is 13.3. The number of benzene rings is 3. The molecule has 3 aromatic carbocycles. The van der Waals surface area contributed by atoms with Gasteiger partial charge in [-0.1, -0.05) is 69.0 Å². The van der Waals surface area contributed by atoms with Gasteiger partial charge in [0.05, 0.1) is 0 Å². The van der Waals surface area contributed by atoms with Crippen molar-refractivity contribution in [1.82, 2.24) is 4.57 Å². The van der Waals surface area contributed by atoms with Crippen molar-refractivity contribution in [3.8, 4) is 0 Å². The van der Waals surface area contributed by atoms with Gasteiger partial charge in [-0.05, 0) is 43.7 Å². The van der Waals surface area contributed by atoms with Crippen LogP contribution in [0.5, 0.6) is 0 Å². The highest BCUT2D eigenvalue weighted by Crippen LogP contribution is 2.36. The van der Waals surface area contributed by atoms with Crippen LogP contribution in [-0.2, 0) is 21.8 Å². The van der Waals surface area contributed by atoms with Crippen LogP contribution in [0.4, 0.5) is 0 Å². The molecule has 194 valence electrons. The number of hydrogen-bond acceptors (Lipinski definition) is 4. The number of carbonyl (C=O) groups excluding carboxylic acids is 2. The average molecular weight is 500 g/mol. The number of methoxy groups -OCH3 is 2. The van der Waals surface area contributed by atoms with Gasteiger partial charge in [0.15, 0.2) is 5.78 Å². The van der Waals surface area contributed by atoms with E-state index in [2.05, 4.69) is 18.4 Å². The van der Waals surface area contributed by atoms with E-state index in [0.29, 0.717) is 17.5 Å². The second-order valence-corrected chi connectivity index (χ2v) is 9.52. The van der Waals surface area contributed by atoms with E-state index < -0.39 is 5.79 Å². The number of fused-ring (bicyclic) bond motifs is 3. The summed E-state index contributed by atoms with van der Waals surface area (Å²) >= 11 is 0. The molecule has 0 saturated heterocycles. The molecule has 0 saturated carbocycles. The SMILES string of the molecule is CCCCCCCC(=O)c1ccc2c(c1)c1cc(C(OC)(OC)C(=O)c3ccccc3)ccc1n2CC. The molecule has 4 aromatic rings. The summed E-state index contributed by atoms with van der Waals surface area (Å²) in [5, 5.41) is 1.95. The summed E-state index contributed by atoms with van der Waals surface area (Å²) < 4.78 is 13.8. The van der Waals surface area contributed by atoms with Crippen molar-refractivity contribution in [2.45, 2.75) is 64.7 Å². The molecule has 0 aliphatic rings. The Kier molecular flexibility index (Phi) is 8.57. The zero-order valence-electron chi connectivity index (χ0n) is 22.4. The lowest BCUT2D eigenvalue weighted by Crippen LogP contribution is -2.40. The molecule has 5 nitrogen and oxygen atoms in total. The van der Waals surface area contributed by atoms with Crippen LogP contribution in [0, 0.1) is 0 Å². The van der Waals surface area contributed by atoms with Crippen LogP contribution in [0.25, 0.3) is 21.8 Å². The van der Waals surface area contributed by atoms with E-state index in [1.807, 2.05) is 54.6 Å². The van der Waals surface area contributed by atoms with Gasteiger partial charge < -0.3 is 14.0 Å². The first-order valence-corrected chi connectivity index (χ1v) is 13.3. The van der Waals surface area contributed by atoms with Gasteiger partial charge in [0.2, 0.25) is 5.78 Å². The van der Waals surface area contributed by atoms with Gasteiger partial charge in [-0.3, -0.25) is 9.59 Å². The number of ether oxygens (including phenoxy) is 2. The number of Topliss-reactive ketones (excluding diaryl/α,β-unsaturated/α-hetero) is 2. The highest BCUT2D eigenvalue weighted by atomic mass is 16.7. The van der Waals surface area contributed by atoms with E-state index in [0.717, 1.165) is 46.8 Å². The third-order valence-electron chi connectivity index (χ3n) is 7.30. The van der Waals surface area contributed by atoms with Crippen LogP contribution >= 0.6 is 0 Å². The Balaban J connectivity index is 1.77. The summed E-state index contributed by atoms with van der Waals surface area (Å²) in [7, 11) is 2.97. The molecular weight excluding hydrogens is 462 g/mol. The average Bonchev–Trinajstić information content (AvgIpc) is 3.26. The van der Waals surface area contributed by atoms with E-state index in [-0.39, 0.29) is 11.6 Å². The fraction of sp³-hybridized carbons (Fsp3) is 0.375. The molecule has 1 heterocycles. The molecule has 0 atom stereocenters. The lowest BCUT2D eigenvalue weighted by Gasteiger charge is -2.30. The van der Waals surface area contributed by atoms with E-state index in [9.17, 15) is 9.59 Å². The third kappa shape index (κ3) is 5.11. The molecule has 0 aliphatic carbocycles. The van der Waals surface area contributed by atoms with E-state index in [1.54, 1.807) is 12.1 Å². The zero-order valence-corrected chi connectivity index (χ0v) is 22.4. The van der Waals surface area contributed by atoms with Gasteiger partial charge in [0, 0.05) is 65.7 Å². The Morgan fingerprint density at radius 3 is 2.05 bits per heavy atom. The number of rotatable bonds is 13. The van der Waals surface area contributed by atoms with Crippen molar-refractivity contribution >= 4 is 33.4 Å². The zero-order chi connectivity index (χ0) is 26.4. The van der Waals surface area contributed by atoms with Gasteiger partial charge in [0.25, 0.3) is 5.79 Å². The van der Waals surface area contributed by atoms with Gasteiger partial charge in [-0.25, -0.2) is 0 Å². The maximum absolute atomic E-state index is 13.6. The molecule has 0 unspecified atom stereocenters. The molecular formula is C32H37NO4. The maximum atomic E-state index is 13.6. The molecule has 0 spiro atoms. The topological polar surface area (TPSA) is 57.5 Å². The second kappa shape index (κ2) is 11.8. The Morgan fingerprint density at radius 1 is 0.757 bits per heavy atom. The van der Waals surface area contributed by atoms with Gasteiger partial charge in [0.1, 0.15) is 0 Å². The second-order valence-electron chi connectivity index (χ2n) is 9.52. The first-order chi connectivity index (χ1) is 18.0. The van der Waals surface area contributed by atoms with Crippen molar-refractivity contribution in [3.63, 3.8) is 0 Å². The van der Waals surface area contributed by atoms with Crippen LogP contribution in [0.1, 0.15) is 78.7 Å². The van der Waals surface area contributed by atoms with Crippen molar-refractivity contribution in [2.24, 2.45) is 0 Å². The van der Waals surface area contributed by atoms with Crippen molar-refractivity contribution in [3.05, 3.63) is 83.4 Å². The van der Waals surface area contributed by atoms with Crippen molar-refractivity contribution in [1.29, 1.82) is 0 Å². The lowest BCUT2D eigenvalue weighted by atomic mass is 9.94. The molecule has 1 aromatic heterocycles. The molecule has 5 heteroatoms. The fourth-order valence-electron chi connectivity index (χ4n) is 5.27. The Morgan fingerprint density at radius 2 is 1.41 bits per heavy atom. The largest absolute Gasteiger partial charge is 0.343 e. The molecule has 37 heavy (non-hydrogen) atoms. The Labute approximate surface area is 219 Å². The van der Waals surface area contributed by atoms with Gasteiger partial charge in [-0.15, -0.1) is 0 Å². The molecule has 0 N–H and O–H groups in total. The summed E-state index contributed by atoms with van der Waals surface area (Å²) in [6, 6.07) is 20.9. The molecule has 0 aliphatic heterocycles. The minimum absolute atomic E-state index is 0.175. The summed E-state index contributed by atoms with van der Waals surface area (Å²) in [4.78, 5) is 26.6. The summed E-state index contributed by atoms with van der Waals surface area (Å²) in [5.41, 5.74) is 3.95. The van der Waals surface area contributed by atoms with Crippen LogP contribution < -0.4 is 0 Å².